The average Bonchev–Trinajstić information content (AvgIpc) is 2.40. The van der Waals surface area contributed by atoms with E-state index >= 15 is 0 Å². The van der Waals surface area contributed by atoms with Gasteiger partial charge in [-0.2, -0.15) is 0 Å². The molecular formula is C16H24NO+. The molecule has 98 valence electrons. The van der Waals surface area contributed by atoms with Crippen molar-refractivity contribution in [3.63, 3.8) is 0 Å². The fraction of sp³-hybridized carbons (Fsp3) is 0.625. The van der Waals surface area contributed by atoms with E-state index in [1.807, 2.05) is 0 Å². The number of rotatable bonds is 1. The molecule has 0 bridgehead atoms. The zero-order chi connectivity index (χ0) is 12.6. The highest BCUT2D eigenvalue weighted by Gasteiger charge is 2.53. The number of fused-ring (bicyclic) bond motifs is 1. The SMILES string of the molecule is C[C@@]1(C2(O)CCCCC2)[NH2+]CCc2ccccc21. The van der Waals surface area contributed by atoms with Crippen LogP contribution in [-0.2, 0) is 12.0 Å². The van der Waals surface area contributed by atoms with E-state index < -0.39 is 5.60 Å². The molecule has 1 aliphatic heterocycles. The van der Waals surface area contributed by atoms with Crippen LogP contribution >= 0.6 is 0 Å². The van der Waals surface area contributed by atoms with Crippen LogP contribution in [0.1, 0.15) is 50.2 Å². The zero-order valence-electron chi connectivity index (χ0n) is 11.3. The number of quaternary nitrogens is 1. The van der Waals surface area contributed by atoms with E-state index in [0.717, 1.165) is 25.8 Å². The molecule has 2 heteroatoms. The summed E-state index contributed by atoms with van der Waals surface area (Å²) in [6.45, 7) is 3.34. The maximum absolute atomic E-state index is 11.2. The molecule has 1 aliphatic carbocycles. The Morgan fingerprint density at radius 1 is 1.11 bits per heavy atom. The Morgan fingerprint density at radius 3 is 2.61 bits per heavy atom. The second-order valence-electron chi connectivity index (χ2n) is 6.19. The van der Waals surface area contributed by atoms with Gasteiger partial charge in [-0.3, -0.25) is 0 Å². The number of aliphatic hydroxyl groups is 1. The summed E-state index contributed by atoms with van der Waals surface area (Å²) in [4.78, 5) is 0. The van der Waals surface area contributed by atoms with E-state index in [1.54, 1.807) is 0 Å². The molecule has 3 N–H and O–H groups in total. The molecule has 18 heavy (non-hydrogen) atoms. The number of hydrogen-bond donors (Lipinski definition) is 2. The molecule has 0 unspecified atom stereocenters. The molecule has 3 rings (SSSR count). The van der Waals surface area contributed by atoms with Crippen molar-refractivity contribution in [1.82, 2.24) is 0 Å². The number of benzene rings is 1. The van der Waals surface area contributed by atoms with Crippen molar-refractivity contribution in [3.8, 4) is 0 Å². The molecule has 0 saturated heterocycles. The highest BCUT2D eigenvalue weighted by molar-refractivity contribution is 5.35. The van der Waals surface area contributed by atoms with Gasteiger partial charge in [0.05, 0.1) is 6.54 Å². The van der Waals surface area contributed by atoms with Crippen molar-refractivity contribution < 1.29 is 10.4 Å². The molecule has 1 fully saturated rings. The first-order valence-electron chi connectivity index (χ1n) is 7.31. The third-order valence-corrected chi connectivity index (χ3v) is 5.19. The minimum atomic E-state index is -0.526. The standard InChI is InChI=1S/C16H23NO/c1-15(16(18)10-5-2-6-11-16)14-8-4-3-7-13(14)9-12-17-15/h3-4,7-8,17-18H,2,5-6,9-12H2,1H3/p+1/t15-/m1/s1. The van der Waals surface area contributed by atoms with Crippen LogP contribution in [0.3, 0.4) is 0 Å². The second-order valence-corrected chi connectivity index (χ2v) is 6.19. The zero-order valence-corrected chi connectivity index (χ0v) is 11.3. The topological polar surface area (TPSA) is 36.8 Å². The minimum Gasteiger partial charge on any atom is -0.383 e. The molecular weight excluding hydrogens is 222 g/mol. The summed E-state index contributed by atoms with van der Waals surface area (Å²) >= 11 is 0. The van der Waals surface area contributed by atoms with Crippen LogP contribution < -0.4 is 5.32 Å². The van der Waals surface area contributed by atoms with Crippen molar-refractivity contribution in [3.05, 3.63) is 35.4 Å². The third-order valence-electron chi connectivity index (χ3n) is 5.19. The van der Waals surface area contributed by atoms with E-state index in [4.69, 9.17) is 0 Å². The molecule has 1 heterocycles. The minimum absolute atomic E-state index is 0.151. The lowest BCUT2D eigenvalue weighted by molar-refractivity contribution is -0.753. The summed E-state index contributed by atoms with van der Waals surface area (Å²) in [6, 6.07) is 8.68. The van der Waals surface area contributed by atoms with Crippen molar-refractivity contribution in [1.29, 1.82) is 0 Å². The van der Waals surface area contributed by atoms with Gasteiger partial charge in [0.15, 0.2) is 0 Å². The fourth-order valence-electron chi connectivity index (χ4n) is 3.97. The maximum atomic E-state index is 11.2. The lowest BCUT2D eigenvalue weighted by atomic mass is 9.66. The van der Waals surface area contributed by atoms with Gasteiger partial charge in [-0.15, -0.1) is 0 Å². The first-order chi connectivity index (χ1) is 8.66. The van der Waals surface area contributed by atoms with Crippen LogP contribution in [0.25, 0.3) is 0 Å². The maximum Gasteiger partial charge on any atom is 0.148 e. The normalized spacial score (nSPS) is 30.8. The average molecular weight is 246 g/mol. The first kappa shape index (κ1) is 12.2. The van der Waals surface area contributed by atoms with Gasteiger partial charge in [0, 0.05) is 12.0 Å². The van der Waals surface area contributed by atoms with E-state index in [-0.39, 0.29) is 5.54 Å². The predicted octanol–water partition coefficient (Wildman–Crippen LogP) is 1.72. The van der Waals surface area contributed by atoms with Gasteiger partial charge in [-0.25, -0.2) is 0 Å². The monoisotopic (exact) mass is 246 g/mol. The van der Waals surface area contributed by atoms with Crippen LogP contribution in [0.15, 0.2) is 24.3 Å². The van der Waals surface area contributed by atoms with E-state index in [2.05, 4.69) is 36.5 Å². The Bertz CT molecular complexity index is 436. The summed E-state index contributed by atoms with van der Waals surface area (Å²) in [7, 11) is 0. The molecule has 0 amide bonds. The number of nitrogens with two attached hydrogens (primary N) is 1. The van der Waals surface area contributed by atoms with Crippen molar-refractivity contribution in [2.24, 2.45) is 0 Å². The molecule has 1 aromatic carbocycles. The summed E-state index contributed by atoms with van der Waals surface area (Å²) < 4.78 is 0. The van der Waals surface area contributed by atoms with Crippen LogP contribution in [0, 0.1) is 0 Å². The number of hydrogen-bond acceptors (Lipinski definition) is 1. The van der Waals surface area contributed by atoms with Gasteiger partial charge in [0.1, 0.15) is 11.1 Å². The van der Waals surface area contributed by atoms with Crippen LogP contribution in [0.4, 0.5) is 0 Å². The van der Waals surface area contributed by atoms with Gasteiger partial charge >= 0.3 is 0 Å². The Hall–Kier alpha value is -0.860. The molecule has 1 aromatic rings. The molecule has 2 nitrogen and oxygen atoms in total. The molecule has 1 saturated carbocycles. The van der Waals surface area contributed by atoms with E-state index in [0.29, 0.717) is 0 Å². The van der Waals surface area contributed by atoms with Gasteiger partial charge in [0.2, 0.25) is 0 Å². The summed E-state index contributed by atoms with van der Waals surface area (Å²) in [5.74, 6) is 0. The molecule has 2 aliphatic rings. The summed E-state index contributed by atoms with van der Waals surface area (Å²) in [5, 5.41) is 13.5. The quantitative estimate of drug-likeness (QED) is 0.778. The largest absolute Gasteiger partial charge is 0.383 e. The Labute approximate surface area is 109 Å². The van der Waals surface area contributed by atoms with Gasteiger partial charge in [-0.05, 0) is 25.3 Å². The van der Waals surface area contributed by atoms with Crippen molar-refractivity contribution in [2.45, 2.75) is 56.6 Å². The first-order valence-corrected chi connectivity index (χ1v) is 7.31. The molecule has 0 radical (unpaired) electrons. The third kappa shape index (κ3) is 1.70. The van der Waals surface area contributed by atoms with E-state index in [1.165, 1.54) is 30.4 Å². The van der Waals surface area contributed by atoms with Crippen LogP contribution in [-0.4, -0.2) is 17.3 Å². The lowest BCUT2D eigenvalue weighted by Crippen LogP contribution is -3.00. The van der Waals surface area contributed by atoms with Crippen molar-refractivity contribution >= 4 is 0 Å². The van der Waals surface area contributed by atoms with Crippen molar-refractivity contribution in [2.75, 3.05) is 6.54 Å². The van der Waals surface area contributed by atoms with E-state index in [9.17, 15) is 5.11 Å². The smallest absolute Gasteiger partial charge is 0.148 e. The fourth-order valence-corrected chi connectivity index (χ4v) is 3.97. The highest BCUT2D eigenvalue weighted by atomic mass is 16.3. The second kappa shape index (κ2) is 4.36. The van der Waals surface area contributed by atoms with Crippen LogP contribution in [0.2, 0.25) is 0 Å². The van der Waals surface area contributed by atoms with Gasteiger partial charge in [-0.1, -0.05) is 43.5 Å². The lowest BCUT2D eigenvalue weighted by Gasteiger charge is -2.47. The Kier molecular flexibility index (Phi) is 2.95. The molecule has 0 aromatic heterocycles. The van der Waals surface area contributed by atoms with Crippen LogP contribution in [0.5, 0.6) is 0 Å². The Balaban J connectivity index is 2.04. The Morgan fingerprint density at radius 2 is 1.83 bits per heavy atom. The van der Waals surface area contributed by atoms with Gasteiger partial charge < -0.3 is 10.4 Å². The highest BCUT2D eigenvalue weighted by Crippen LogP contribution is 2.42. The summed E-state index contributed by atoms with van der Waals surface area (Å²) in [5.41, 5.74) is 2.12. The predicted molar refractivity (Wildman–Crippen MR) is 72.3 cm³/mol. The van der Waals surface area contributed by atoms with Gasteiger partial charge in [0.25, 0.3) is 0 Å². The summed E-state index contributed by atoms with van der Waals surface area (Å²) in [6.07, 6.45) is 6.65. The molecule has 0 spiro atoms. The molecule has 1 atom stereocenters.